The van der Waals surface area contributed by atoms with Crippen LogP contribution in [0.4, 0.5) is 5.13 Å². The summed E-state index contributed by atoms with van der Waals surface area (Å²) >= 11 is 1.67. The van der Waals surface area contributed by atoms with Crippen LogP contribution in [-0.4, -0.2) is 16.2 Å². The van der Waals surface area contributed by atoms with Gasteiger partial charge in [0.25, 0.3) is 0 Å². The molecule has 4 heteroatoms. The van der Waals surface area contributed by atoms with Gasteiger partial charge in [-0.05, 0) is 19.8 Å². The van der Waals surface area contributed by atoms with E-state index in [4.69, 9.17) is 0 Å². The molecular formula is C12H23N3S. The van der Waals surface area contributed by atoms with Crippen LogP contribution in [0.15, 0.2) is 0 Å². The van der Waals surface area contributed by atoms with Gasteiger partial charge < -0.3 is 5.32 Å². The van der Waals surface area contributed by atoms with E-state index in [2.05, 4.69) is 36.3 Å². The molecule has 0 saturated carbocycles. The van der Waals surface area contributed by atoms with Crippen LogP contribution in [-0.2, 0) is 6.42 Å². The zero-order valence-electron chi connectivity index (χ0n) is 10.6. The average molecular weight is 241 g/mol. The standard InChI is InChI=1S/C12H23N3S/c1-4-6-7-8-9-10(3)13-12-15-14-11(5-2)16-12/h10H,4-9H2,1-3H3,(H,13,15). The van der Waals surface area contributed by atoms with Gasteiger partial charge in [0.1, 0.15) is 5.01 Å². The summed E-state index contributed by atoms with van der Waals surface area (Å²) in [6.07, 6.45) is 7.51. The van der Waals surface area contributed by atoms with Gasteiger partial charge in [0.15, 0.2) is 0 Å². The van der Waals surface area contributed by atoms with E-state index in [0.29, 0.717) is 6.04 Å². The lowest BCUT2D eigenvalue weighted by molar-refractivity contribution is 0.593. The number of rotatable bonds is 8. The summed E-state index contributed by atoms with van der Waals surface area (Å²) in [5, 5.41) is 13.7. The van der Waals surface area contributed by atoms with Crippen LogP contribution in [0.1, 0.15) is 57.9 Å². The molecule has 0 aromatic carbocycles. The van der Waals surface area contributed by atoms with Gasteiger partial charge in [-0.25, -0.2) is 0 Å². The summed E-state index contributed by atoms with van der Waals surface area (Å²) in [4.78, 5) is 0. The maximum absolute atomic E-state index is 4.13. The Bertz CT molecular complexity index is 286. The molecule has 0 fully saturated rings. The molecule has 1 N–H and O–H groups in total. The minimum absolute atomic E-state index is 0.509. The minimum Gasteiger partial charge on any atom is -0.358 e. The molecule has 0 aliphatic rings. The Labute approximate surface area is 103 Å². The maximum atomic E-state index is 4.13. The third kappa shape index (κ3) is 4.92. The van der Waals surface area contributed by atoms with Crippen LogP contribution in [0.2, 0.25) is 0 Å². The van der Waals surface area contributed by atoms with Crippen molar-refractivity contribution < 1.29 is 0 Å². The van der Waals surface area contributed by atoms with Gasteiger partial charge in [0, 0.05) is 6.04 Å². The van der Waals surface area contributed by atoms with Gasteiger partial charge in [-0.3, -0.25) is 0 Å². The Balaban J connectivity index is 2.20. The highest BCUT2D eigenvalue weighted by Crippen LogP contribution is 2.17. The number of hydrogen-bond donors (Lipinski definition) is 1. The number of anilines is 1. The summed E-state index contributed by atoms with van der Waals surface area (Å²) < 4.78 is 0. The monoisotopic (exact) mass is 241 g/mol. The minimum atomic E-state index is 0.509. The highest BCUT2D eigenvalue weighted by molar-refractivity contribution is 7.15. The van der Waals surface area contributed by atoms with Gasteiger partial charge in [-0.1, -0.05) is 50.9 Å². The number of hydrogen-bond acceptors (Lipinski definition) is 4. The van der Waals surface area contributed by atoms with Crippen molar-refractivity contribution in [2.45, 2.75) is 65.3 Å². The SMILES string of the molecule is CCCCCCC(C)Nc1nnc(CC)s1. The van der Waals surface area contributed by atoms with Crippen molar-refractivity contribution in [3.8, 4) is 0 Å². The van der Waals surface area contributed by atoms with Crippen LogP contribution in [0.25, 0.3) is 0 Å². The van der Waals surface area contributed by atoms with Gasteiger partial charge in [-0.15, -0.1) is 10.2 Å². The highest BCUT2D eigenvalue weighted by Gasteiger charge is 2.06. The second-order valence-electron chi connectivity index (χ2n) is 4.25. The molecule has 1 aromatic heterocycles. The molecule has 0 spiro atoms. The lowest BCUT2D eigenvalue weighted by Crippen LogP contribution is -2.14. The van der Waals surface area contributed by atoms with Crippen molar-refractivity contribution in [1.29, 1.82) is 0 Å². The molecule has 1 atom stereocenters. The van der Waals surface area contributed by atoms with E-state index >= 15 is 0 Å². The molecule has 1 heterocycles. The molecule has 0 saturated heterocycles. The van der Waals surface area contributed by atoms with Crippen molar-refractivity contribution >= 4 is 16.5 Å². The zero-order valence-corrected chi connectivity index (χ0v) is 11.4. The van der Waals surface area contributed by atoms with Crippen molar-refractivity contribution in [2.75, 3.05) is 5.32 Å². The number of aromatic nitrogens is 2. The normalized spacial score (nSPS) is 12.7. The molecule has 0 bridgehead atoms. The van der Waals surface area contributed by atoms with Crippen molar-refractivity contribution in [2.24, 2.45) is 0 Å². The van der Waals surface area contributed by atoms with E-state index < -0.39 is 0 Å². The molecule has 92 valence electrons. The Morgan fingerprint density at radius 3 is 2.62 bits per heavy atom. The first kappa shape index (κ1) is 13.4. The molecule has 16 heavy (non-hydrogen) atoms. The largest absolute Gasteiger partial charge is 0.358 e. The van der Waals surface area contributed by atoms with Crippen molar-refractivity contribution in [1.82, 2.24) is 10.2 Å². The van der Waals surface area contributed by atoms with E-state index in [9.17, 15) is 0 Å². The number of unbranched alkanes of at least 4 members (excludes halogenated alkanes) is 3. The first-order chi connectivity index (χ1) is 7.76. The second kappa shape index (κ2) is 7.60. The predicted octanol–water partition coefficient (Wildman–Crippen LogP) is 3.87. The predicted molar refractivity (Wildman–Crippen MR) is 71.1 cm³/mol. The van der Waals surface area contributed by atoms with Crippen LogP contribution in [0.3, 0.4) is 0 Å². The smallest absolute Gasteiger partial charge is 0.205 e. The fourth-order valence-electron chi connectivity index (χ4n) is 1.62. The van der Waals surface area contributed by atoms with Crippen molar-refractivity contribution in [3.05, 3.63) is 5.01 Å². The molecule has 1 unspecified atom stereocenters. The van der Waals surface area contributed by atoms with Gasteiger partial charge in [0.2, 0.25) is 5.13 Å². The average Bonchev–Trinajstić information content (AvgIpc) is 2.72. The molecule has 0 radical (unpaired) electrons. The molecule has 1 rings (SSSR count). The molecule has 0 aliphatic carbocycles. The number of nitrogens with one attached hydrogen (secondary N) is 1. The molecule has 0 aliphatic heterocycles. The summed E-state index contributed by atoms with van der Waals surface area (Å²) in [6.45, 7) is 6.58. The Kier molecular flexibility index (Phi) is 6.38. The second-order valence-corrected chi connectivity index (χ2v) is 5.31. The number of aryl methyl sites for hydroxylation is 1. The Hall–Kier alpha value is -0.640. The van der Waals surface area contributed by atoms with Crippen LogP contribution in [0.5, 0.6) is 0 Å². The Morgan fingerprint density at radius 1 is 1.19 bits per heavy atom. The number of nitrogens with zero attached hydrogens (tertiary/aromatic N) is 2. The van der Waals surface area contributed by atoms with Crippen molar-refractivity contribution in [3.63, 3.8) is 0 Å². The van der Waals surface area contributed by atoms with Crippen LogP contribution in [0, 0.1) is 0 Å². The van der Waals surface area contributed by atoms with E-state index in [1.54, 1.807) is 11.3 Å². The van der Waals surface area contributed by atoms with E-state index in [1.165, 1.54) is 32.1 Å². The Morgan fingerprint density at radius 2 is 2.00 bits per heavy atom. The third-order valence-corrected chi connectivity index (χ3v) is 3.63. The summed E-state index contributed by atoms with van der Waals surface area (Å²) in [7, 11) is 0. The summed E-state index contributed by atoms with van der Waals surface area (Å²) in [5.41, 5.74) is 0. The van der Waals surface area contributed by atoms with E-state index in [-0.39, 0.29) is 0 Å². The molecular weight excluding hydrogens is 218 g/mol. The zero-order chi connectivity index (χ0) is 11.8. The fraction of sp³-hybridized carbons (Fsp3) is 0.833. The first-order valence-electron chi connectivity index (χ1n) is 6.35. The van der Waals surface area contributed by atoms with Crippen LogP contribution < -0.4 is 5.32 Å². The first-order valence-corrected chi connectivity index (χ1v) is 7.16. The highest BCUT2D eigenvalue weighted by atomic mass is 32.1. The van der Waals surface area contributed by atoms with Gasteiger partial charge in [0.05, 0.1) is 0 Å². The van der Waals surface area contributed by atoms with E-state index in [0.717, 1.165) is 16.6 Å². The lowest BCUT2D eigenvalue weighted by Gasteiger charge is -2.11. The topological polar surface area (TPSA) is 37.8 Å². The third-order valence-electron chi connectivity index (χ3n) is 2.63. The molecule has 0 amide bonds. The van der Waals surface area contributed by atoms with Crippen LogP contribution >= 0.6 is 11.3 Å². The maximum Gasteiger partial charge on any atom is 0.205 e. The fourth-order valence-corrected chi connectivity index (χ4v) is 2.41. The lowest BCUT2D eigenvalue weighted by atomic mass is 10.1. The van der Waals surface area contributed by atoms with Gasteiger partial charge >= 0.3 is 0 Å². The summed E-state index contributed by atoms with van der Waals surface area (Å²) in [5.74, 6) is 0. The molecule has 1 aromatic rings. The van der Waals surface area contributed by atoms with Gasteiger partial charge in [-0.2, -0.15) is 0 Å². The summed E-state index contributed by atoms with van der Waals surface area (Å²) in [6, 6.07) is 0.509. The van der Waals surface area contributed by atoms with E-state index in [1.807, 2.05) is 0 Å². The quantitative estimate of drug-likeness (QED) is 0.702. The molecule has 3 nitrogen and oxygen atoms in total.